The third-order valence-electron chi connectivity index (χ3n) is 3.16. The van der Waals surface area contributed by atoms with Crippen molar-refractivity contribution in [3.05, 3.63) is 0 Å². The summed E-state index contributed by atoms with van der Waals surface area (Å²) in [5.74, 6) is -1.38. The maximum absolute atomic E-state index is 12.0. The van der Waals surface area contributed by atoms with Crippen LogP contribution in [0.4, 0.5) is 4.79 Å². The zero-order chi connectivity index (χ0) is 15.3. The number of carboxylic acid groups (broad SMARTS) is 1. The number of carbonyl (C=O) groups excluding carboxylic acids is 1. The van der Waals surface area contributed by atoms with Gasteiger partial charge in [-0.15, -0.1) is 0 Å². The summed E-state index contributed by atoms with van der Waals surface area (Å²) in [4.78, 5) is 23.9. The highest BCUT2D eigenvalue weighted by molar-refractivity contribution is 7.91. The lowest BCUT2D eigenvalue weighted by Gasteiger charge is -2.27. The number of carbonyl (C=O) groups is 2. The predicted octanol–water partition coefficient (Wildman–Crippen LogP) is -0.695. The molecule has 0 aromatic heterocycles. The van der Waals surface area contributed by atoms with Crippen LogP contribution in [0.3, 0.4) is 0 Å². The zero-order valence-electron chi connectivity index (χ0n) is 11.5. The summed E-state index contributed by atoms with van der Waals surface area (Å²) >= 11 is 0. The second-order valence-corrected chi connectivity index (χ2v) is 7.04. The molecule has 1 aliphatic rings. The van der Waals surface area contributed by atoms with Gasteiger partial charge in [0.15, 0.2) is 9.84 Å². The van der Waals surface area contributed by atoms with E-state index in [1.165, 1.54) is 7.11 Å². The van der Waals surface area contributed by atoms with E-state index in [0.29, 0.717) is 0 Å². The maximum Gasteiger partial charge on any atom is 0.323 e. The standard InChI is InChI=1S/C11H20N2O6S/c1-8(19-2)5-12-11(16)13(6-10(14)15)9-3-4-20(17,18)7-9/h8-9H,3-7H2,1-2H3,(H,12,16)(H,14,15). The Morgan fingerprint density at radius 2 is 2.15 bits per heavy atom. The van der Waals surface area contributed by atoms with Crippen LogP contribution in [0.2, 0.25) is 0 Å². The molecule has 116 valence electrons. The van der Waals surface area contributed by atoms with E-state index in [-0.39, 0.29) is 30.6 Å². The van der Waals surface area contributed by atoms with Gasteiger partial charge in [0.1, 0.15) is 6.54 Å². The molecule has 0 aromatic carbocycles. The Morgan fingerprint density at radius 1 is 1.50 bits per heavy atom. The highest BCUT2D eigenvalue weighted by Crippen LogP contribution is 2.17. The summed E-state index contributed by atoms with van der Waals surface area (Å²) in [6, 6.07) is -1.17. The molecule has 0 aliphatic carbocycles. The van der Waals surface area contributed by atoms with Crippen molar-refractivity contribution in [2.45, 2.75) is 25.5 Å². The Kier molecular flexibility index (Phi) is 5.75. The minimum atomic E-state index is -3.19. The minimum Gasteiger partial charge on any atom is -0.480 e. The number of hydrogen-bond donors (Lipinski definition) is 2. The van der Waals surface area contributed by atoms with E-state index in [9.17, 15) is 18.0 Å². The number of urea groups is 1. The van der Waals surface area contributed by atoms with Crippen LogP contribution in [0.1, 0.15) is 13.3 Å². The molecule has 2 amide bonds. The monoisotopic (exact) mass is 308 g/mol. The Labute approximate surface area is 118 Å². The summed E-state index contributed by atoms with van der Waals surface area (Å²) in [7, 11) is -1.69. The van der Waals surface area contributed by atoms with Crippen molar-refractivity contribution in [3.8, 4) is 0 Å². The number of carboxylic acids is 1. The molecule has 0 aromatic rings. The van der Waals surface area contributed by atoms with Crippen LogP contribution in [-0.4, -0.2) is 74.3 Å². The zero-order valence-corrected chi connectivity index (χ0v) is 12.4. The fraction of sp³-hybridized carbons (Fsp3) is 0.818. The highest BCUT2D eigenvalue weighted by atomic mass is 32.2. The van der Waals surface area contributed by atoms with Gasteiger partial charge in [0.05, 0.1) is 17.6 Å². The molecule has 1 heterocycles. The molecule has 0 spiro atoms. The number of nitrogens with zero attached hydrogens (tertiary/aromatic N) is 1. The van der Waals surface area contributed by atoms with Crippen molar-refractivity contribution in [1.82, 2.24) is 10.2 Å². The summed E-state index contributed by atoms with van der Waals surface area (Å²) < 4.78 is 27.9. The molecule has 1 fully saturated rings. The van der Waals surface area contributed by atoms with Crippen LogP contribution in [0.25, 0.3) is 0 Å². The van der Waals surface area contributed by atoms with E-state index in [1.807, 2.05) is 0 Å². The Bertz CT molecular complexity index is 464. The molecule has 0 bridgehead atoms. The lowest BCUT2D eigenvalue weighted by Crippen LogP contribution is -2.50. The first kappa shape index (κ1) is 16.7. The summed E-state index contributed by atoms with van der Waals surface area (Å²) in [5.41, 5.74) is 0. The lowest BCUT2D eigenvalue weighted by molar-refractivity contribution is -0.138. The highest BCUT2D eigenvalue weighted by Gasteiger charge is 2.35. The summed E-state index contributed by atoms with van der Waals surface area (Å²) in [5, 5.41) is 11.4. The lowest BCUT2D eigenvalue weighted by atomic mass is 10.2. The van der Waals surface area contributed by atoms with Crippen molar-refractivity contribution in [3.63, 3.8) is 0 Å². The molecule has 9 heteroatoms. The number of sulfone groups is 1. The summed E-state index contributed by atoms with van der Waals surface area (Å²) in [6.45, 7) is 1.46. The van der Waals surface area contributed by atoms with E-state index >= 15 is 0 Å². The van der Waals surface area contributed by atoms with Crippen LogP contribution in [0, 0.1) is 0 Å². The van der Waals surface area contributed by atoms with Crippen LogP contribution in [-0.2, 0) is 19.4 Å². The Morgan fingerprint density at radius 3 is 2.60 bits per heavy atom. The molecule has 0 saturated carbocycles. The molecule has 1 saturated heterocycles. The molecule has 20 heavy (non-hydrogen) atoms. The van der Waals surface area contributed by atoms with Crippen LogP contribution in [0.15, 0.2) is 0 Å². The number of nitrogens with one attached hydrogen (secondary N) is 1. The van der Waals surface area contributed by atoms with Gasteiger partial charge in [-0.2, -0.15) is 0 Å². The van der Waals surface area contributed by atoms with Gasteiger partial charge in [-0.05, 0) is 13.3 Å². The quantitative estimate of drug-likeness (QED) is 0.671. The van der Waals surface area contributed by atoms with E-state index in [1.54, 1.807) is 6.92 Å². The molecular weight excluding hydrogens is 288 g/mol. The molecule has 8 nitrogen and oxygen atoms in total. The normalized spacial score (nSPS) is 22.2. The number of ether oxygens (including phenoxy) is 1. The van der Waals surface area contributed by atoms with Gasteiger partial charge in [0.25, 0.3) is 0 Å². The van der Waals surface area contributed by atoms with E-state index in [4.69, 9.17) is 9.84 Å². The number of methoxy groups -OCH3 is 1. The van der Waals surface area contributed by atoms with Crippen molar-refractivity contribution >= 4 is 21.8 Å². The first-order valence-electron chi connectivity index (χ1n) is 6.24. The van der Waals surface area contributed by atoms with Crippen molar-refractivity contribution in [2.75, 3.05) is 31.7 Å². The van der Waals surface area contributed by atoms with Gasteiger partial charge in [0.2, 0.25) is 0 Å². The van der Waals surface area contributed by atoms with E-state index in [2.05, 4.69) is 5.32 Å². The van der Waals surface area contributed by atoms with Gasteiger partial charge in [-0.3, -0.25) is 4.79 Å². The first-order valence-corrected chi connectivity index (χ1v) is 8.07. The Balaban J connectivity index is 2.69. The Hall–Kier alpha value is -1.35. The van der Waals surface area contributed by atoms with Crippen molar-refractivity contribution in [1.29, 1.82) is 0 Å². The van der Waals surface area contributed by atoms with Gasteiger partial charge < -0.3 is 20.1 Å². The van der Waals surface area contributed by atoms with Crippen molar-refractivity contribution in [2.24, 2.45) is 0 Å². The van der Waals surface area contributed by atoms with E-state index in [0.717, 1.165) is 4.90 Å². The SMILES string of the molecule is COC(C)CNC(=O)N(CC(=O)O)C1CCS(=O)(=O)C1. The molecule has 1 rings (SSSR count). The van der Waals surface area contributed by atoms with E-state index < -0.39 is 34.4 Å². The second-order valence-electron chi connectivity index (χ2n) is 4.81. The molecular formula is C11H20N2O6S. The molecule has 2 N–H and O–H groups in total. The van der Waals surface area contributed by atoms with Crippen LogP contribution < -0.4 is 5.32 Å². The maximum atomic E-state index is 12.0. The minimum absolute atomic E-state index is 0.0183. The number of rotatable bonds is 6. The third kappa shape index (κ3) is 4.97. The molecule has 0 radical (unpaired) electrons. The third-order valence-corrected chi connectivity index (χ3v) is 4.91. The van der Waals surface area contributed by atoms with Gasteiger partial charge in [0, 0.05) is 19.7 Å². The fourth-order valence-electron chi connectivity index (χ4n) is 1.95. The molecule has 1 aliphatic heterocycles. The number of amides is 2. The van der Waals surface area contributed by atoms with Gasteiger partial charge >= 0.3 is 12.0 Å². The van der Waals surface area contributed by atoms with Crippen molar-refractivity contribution < 1.29 is 27.9 Å². The predicted molar refractivity (Wildman–Crippen MR) is 71.3 cm³/mol. The first-order chi connectivity index (χ1) is 9.25. The van der Waals surface area contributed by atoms with Crippen LogP contribution >= 0.6 is 0 Å². The average Bonchev–Trinajstić information content (AvgIpc) is 2.72. The average molecular weight is 308 g/mol. The topological polar surface area (TPSA) is 113 Å². The fourth-order valence-corrected chi connectivity index (χ4v) is 3.68. The molecule has 2 atom stereocenters. The summed E-state index contributed by atoms with van der Waals surface area (Å²) in [6.07, 6.45) is 0.0565. The molecule has 2 unspecified atom stereocenters. The van der Waals surface area contributed by atoms with Gasteiger partial charge in [-0.1, -0.05) is 0 Å². The van der Waals surface area contributed by atoms with Crippen LogP contribution in [0.5, 0.6) is 0 Å². The number of hydrogen-bond acceptors (Lipinski definition) is 5. The number of aliphatic carboxylic acids is 1. The second kappa shape index (κ2) is 6.89. The largest absolute Gasteiger partial charge is 0.480 e. The van der Waals surface area contributed by atoms with Gasteiger partial charge in [-0.25, -0.2) is 13.2 Å². The smallest absolute Gasteiger partial charge is 0.323 e.